The highest BCUT2D eigenvalue weighted by Crippen LogP contribution is 2.18. The van der Waals surface area contributed by atoms with Crippen molar-refractivity contribution in [2.24, 2.45) is 0 Å². The lowest BCUT2D eigenvalue weighted by Gasteiger charge is -2.29. The molecule has 2 heterocycles. The summed E-state index contributed by atoms with van der Waals surface area (Å²) in [6, 6.07) is 0. The molecule has 0 aromatic carbocycles. The minimum Gasteiger partial charge on any atom is -0.354 e. The second-order valence-corrected chi connectivity index (χ2v) is 5.34. The summed E-state index contributed by atoms with van der Waals surface area (Å²) in [7, 11) is 0. The van der Waals surface area contributed by atoms with Crippen molar-refractivity contribution in [2.75, 3.05) is 45.0 Å². The lowest BCUT2D eigenvalue weighted by Crippen LogP contribution is -2.46. The maximum Gasteiger partial charge on any atom is 0.233 e. The number of amides is 1. The second kappa shape index (κ2) is 5.72. The Kier molecular flexibility index (Phi) is 4.29. The summed E-state index contributed by atoms with van der Waals surface area (Å²) in [5.74, 6) is 1.30. The molecular weight excluding hydrogens is 210 g/mol. The Hall–Kier alpha value is -0.260. The van der Waals surface area contributed by atoms with Crippen molar-refractivity contribution in [1.82, 2.24) is 15.5 Å². The Bertz CT molecular complexity index is 219. The SMILES string of the molecule is O=C1NCCSC1CCN1CCNCC1. The molecule has 4 nitrogen and oxygen atoms in total. The van der Waals surface area contributed by atoms with E-state index in [4.69, 9.17) is 0 Å². The quantitative estimate of drug-likeness (QED) is 0.686. The van der Waals surface area contributed by atoms with Gasteiger partial charge in [0.25, 0.3) is 0 Å². The van der Waals surface area contributed by atoms with Gasteiger partial charge in [-0.1, -0.05) is 0 Å². The van der Waals surface area contributed by atoms with Gasteiger partial charge in [-0.2, -0.15) is 0 Å². The van der Waals surface area contributed by atoms with Gasteiger partial charge in [0.15, 0.2) is 0 Å². The van der Waals surface area contributed by atoms with Crippen molar-refractivity contribution < 1.29 is 4.79 Å². The molecule has 0 bridgehead atoms. The van der Waals surface area contributed by atoms with Gasteiger partial charge in [0.1, 0.15) is 0 Å². The topological polar surface area (TPSA) is 44.4 Å². The van der Waals surface area contributed by atoms with E-state index in [1.807, 2.05) is 0 Å². The number of thioether (sulfide) groups is 1. The zero-order valence-electron chi connectivity index (χ0n) is 9.00. The molecule has 5 heteroatoms. The van der Waals surface area contributed by atoms with Crippen LogP contribution in [0.15, 0.2) is 0 Å². The minimum atomic E-state index is 0.189. The summed E-state index contributed by atoms with van der Waals surface area (Å²) < 4.78 is 0. The number of hydrogen-bond acceptors (Lipinski definition) is 4. The van der Waals surface area contributed by atoms with Crippen LogP contribution >= 0.6 is 11.8 Å². The average Bonchev–Trinajstić information content (AvgIpc) is 2.29. The molecule has 0 spiro atoms. The average molecular weight is 229 g/mol. The fourth-order valence-electron chi connectivity index (χ4n) is 2.01. The number of carbonyl (C=O) groups is 1. The third-order valence-electron chi connectivity index (χ3n) is 2.93. The monoisotopic (exact) mass is 229 g/mol. The fourth-order valence-corrected chi connectivity index (χ4v) is 3.03. The van der Waals surface area contributed by atoms with Crippen LogP contribution in [-0.4, -0.2) is 61.1 Å². The van der Waals surface area contributed by atoms with Gasteiger partial charge < -0.3 is 15.5 Å². The molecule has 0 radical (unpaired) electrons. The van der Waals surface area contributed by atoms with Gasteiger partial charge in [-0.15, -0.1) is 11.8 Å². The molecule has 1 amide bonds. The summed E-state index contributed by atoms with van der Waals surface area (Å²) in [6.45, 7) is 6.33. The molecule has 0 aromatic heterocycles. The maximum atomic E-state index is 11.5. The molecule has 86 valence electrons. The normalized spacial score (nSPS) is 28.8. The van der Waals surface area contributed by atoms with Crippen molar-refractivity contribution in [3.63, 3.8) is 0 Å². The number of piperazine rings is 1. The Morgan fingerprint density at radius 3 is 2.87 bits per heavy atom. The molecule has 1 unspecified atom stereocenters. The second-order valence-electron chi connectivity index (χ2n) is 4.03. The number of carbonyl (C=O) groups excluding carboxylic acids is 1. The third kappa shape index (κ3) is 3.36. The standard InChI is InChI=1S/C10H19N3OS/c14-10-9(15-8-4-12-10)1-5-13-6-2-11-3-7-13/h9,11H,1-8H2,(H,12,14). The largest absolute Gasteiger partial charge is 0.354 e. The van der Waals surface area contributed by atoms with Gasteiger partial charge in [0, 0.05) is 38.5 Å². The Morgan fingerprint density at radius 2 is 2.13 bits per heavy atom. The van der Waals surface area contributed by atoms with Crippen LogP contribution in [0.5, 0.6) is 0 Å². The summed E-state index contributed by atoms with van der Waals surface area (Å²) in [6.07, 6.45) is 0.997. The number of nitrogens with zero attached hydrogens (tertiary/aromatic N) is 1. The van der Waals surface area contributed by atoms with E-state index in [0.29, 0.717) is 0 Å². The van der Waals surface area contributed by atoms with Crippen molar-refractivity contribution in [2.45, 2.75) is 11.7 Å². The summed E-state index contributed by atoms with van der Waals surface area (Å²) in [4.78, 5) is 13.9. The molecule has 0 saturated carbocycles. The lowest BCUT2D eigenvalue weighted by molar-refractivity contribution is -0.120. The van der Waals surface area contributed by atoms with Crippen LogP contribution in [0, 0.1) is 0 Å². The highest BCUT2D eigenvalue weighted by atomic mass is 32.2. The van der Waals surface area contributed by atoms with E-state index < -0.39 is 0 Å². The minimum absolute atomic E-state index is 0.189. The molecule has 0 aromatic rings. The van der Waals surface area contributed by atoms with Gasteiger partial charge in [-0.05, 0) is 13.0 Å². The van der Waals surface area contributed by atoms with Crippen LogP contribution in [0.3, 0.4) is 0 Å². The van der Waals surface area contributed by atoms with E-state index in [9.17, 15) is 4.79 Å². The van der Waals surface area contributed by atoms with E-state index in [1.54, 1.807) is 11.8 Å². The van der Waals surface area contributed by atoms with Crippen molar-refractivity contribution in [1.29, 1.82) is 0 Å². The zero-order valence-corrected chi connectivity index (χ0v) is 9.81. The molecule has 2 saturated heterocycles. The first-order valence-corrected chi connectivity index (χ1v) is 6.73. The van der Waals surface area contributed by atoms with Crippen molar-refractivity contribution >= 4 is 17.7 Å². The van der Waals surface area contributed by atoms with E-state index in [1.165, 1.54) is 0 Å². The van der Waals surface area contributed by atoms with Crippen LogP contribution in [-0.2, 0) is 4.79 Å². The van der Waals surface area contributed by atoms with E-state index in [2.05, 4.69) is 15.5 Å². The predicted molar refractivity (Wildman–Crippen MR) is 63.2 cm³/mol. The highest BCUT2D eigenvalue weighted by molar-refractivity contribution is 8.00. The number of rotatable bonds is 3. The van der Waals surface area contributed by atoms with Crippen molar-refractivity contribution in [3.05, 3.63) is 0 Å². The molecule has 2 aliphatic heterocycles. The maximum absolute atomic E-state index is 11.5. The molecular formula is C10H19N3OS. The zero-order chi connectivity index (χ0) is 10.5. The van der Waals surface area contributed by atoms with E-state index in [-0.39, 0.29) is 11.2 Å². The van der Waals surface area contributed by atoms with Crippen LogP contribution in [0.25, 0.3) is 0 Å². The molecule has 15 heavy (non-hydrogen) atoms. The summed E-state index contributed by atoms with van der Waals surface area (Å²) >= 11 is 1.81. The van der Waals surface area contributed by atoms with Gasteiger partial charge in [0.05, 0.1) is 5.25 Å². The highest BCUT2D eigenvalue weighted by Gasteiger charge is 2.23. The molecule has 2 rings (SSSR count). The van der Waals surface area contributed by atoms with Gasteiger partial charge in [-0.25, -0.2) is 0 Å². The first-order chi connectivity index (χ1) is 7.36. The third-order valence-corrected chi connectivity index (χ3v) is 4.22. The van der Waals surface area contributed by atoms with Crippen LogP contribution < -0.4 is 10.6 Å². The summed E-state index contributed by atoms with van der Waals surface area (Å²) in [5, 5.41) is 6.45. The Balaban J connectivity index is 1.69. The van der Waals surface area contributed by atoms with Gasteiger partial charge in [-0.3, -0.25) is 4.79 Å². The molecule has 2 N–H and O–H groups in total. The Labute approximate surface area is 95.2 Å². The smallest absolute Gasteiger partial charge is 0.233 e. The number of hydrogen-bond donors (Lipinski definition) is 2. The predicted octanol–water partition coefficient (Wildman–Crippen LogP) is -0.487. The molecule has 2 aliphatic rings. The molecule has 0 aliphatic carbocycles. The first-order valence-electron chi connectivity index (χ1n) is 5.68. The Morgan fingerprint density at radius 1 is 1.33 bits per heavy atom. The van der Waals surface area contributed by atoms with Crippen LogP contribution in [0.4, 0.5) is 0 Å². The molecule has 2 fully saturated rings. The van der Waals surface area contributed by atoms with Gasteiger partial charge >= 0.3 is 0 Å². The van der Waals surface area contributed by atoms with Crippen LogP contribution in [0.1, 0.15) is 6.42 Å². The fraction of sp³-hybridized carbons (Fsp3) is 0.900. The summed E-state index contributed by atoms with van der Waals surface area (Å²) in [5.41, 5.74) is 0. The number of nitrogens with one attached hydrogen (secondary N) is 2. The molecule has 1 atom stereocenters. The van der Waals surface area contributed by atoms with E-state index in [0.717, 1.165) is 51.4 Å². The van der Waals surface area contributed by atoms with E-state index >= 15 is 0 Å². The lowest BCUT2D eigenvalue weighted by atomic mass is 10.2. The van der Waals surface area contributed by atoms with Crippen LogP contribution in [0.2, 0.25) is 0 Å². The van der Waals surface area contributed by atoms with Crippen molar-refractivity contribution in [3.8, 4) is 0 Å². The first kappa shape index (κ1) is 11.2. The van der Waals surface area contributed by atoms with Gasteiger partial charge in [0.2, 0.25) is 5.91 Å².